The van der Waals surface area contributed by atoms with Crippen LogP contribution in [0.3, 0.4) is 0 Å². The highest BCUT2D eigenvalue weighted by atomic mass is 127. The summed E-state index contributed by atoms with van der Waals surface area (Å²) in [5.74, 6) is 5.10. The van der Waals surface area contributed by atoms with Crippen LogP contribution in [0, 0.1) is 10.5 Å². The fourth-order valence-electron chi connectivity index (χ4n) is 3.00. The number of aryl methyl sites for hydroxylation is 1. The summed E-state index contributed by atoms with van der Waals surface area (Å²) in [7, 11) is 0. The average Bonchev–Trinajstić information content (AvgIpc) is 2.64. The Kier molecular flexibility index (Phi) is 6.60. The van der Waals surface area contributed by atoms with Crippen molar-refractivity contribution in [1.29, 1.82) is 0 Å². The normalized spacial score (nSPS) is 14.8. The Labute approximate surface area is 174 Å². The maximum atomic E-state index is 4.82. The lowest BCUT2D eigenvalue weighted by molar-refractivity contribution is 0.787. The van der Waals surface area contributed by atoms with E-state index in [2.05, 4.69) is 81.3 Å². The van der Waals surface area contributed by atoms with E-state index in [0.717, 1.165) is 54.5 Å². The second-order valence-corrected chi connectivity index (χ2v) is 9.08. The Morgan fingerprint density at radius 1 is 1.19 bits per heavy atom. The molecule has 0 bridgehead atoms. The molecule has 5 nitrogen and oxygen atoms in total. The van der Waals surface area contributed by atoms with Crippen LogP contribution in [0.2, 0.25) is 0 Å². The van der Waals surface area contributed by atoms with Gasteiger partial charge in [-0.3, -0.25) is 0 Å². The molecule has 0 aliphatic carbocycles. The average molecular weight is 483 g/mol. The van der Waals surface area contributed by atoms with E-state index in [-0.39, 0.29) is 0 Å². The Morgan fingerprint density at radius 2 is 1.92 bits per heavy atom. The number of benzene rings is 1. The molecule has 0 unspecified atom stereocenters. The molecule has 0 spiro atoms. The van der Waals surface area contributed by atoms with Crippen LogP contribution in [0.15, 0.2) is 18.2 Å². The maximum absolute atomic E-state index is 4.82. The molecule has 0 atom stereocenters. The fourth-order valence-corrected chi connectivity index (χ4v) is 4.73. The van der Waals surface area contributed by atoms with Crippen molar-refractivity contribution in [2.24, 2.45) is 0 Å². The summed E-state index contributed by atoms with van der Waals surface area (Å²) in [6, 6.07) is 6.67. The third kappa shape index (κ3) is 4.42. The lowest BCUT2D eigenvalue weighted by Gasteiger charge is -2.28. The van der Waals surface area contributed by atoms with Gasteiger partial charge in [-0.05, 0) is 60.1 Å². The van der Waals surface area contributed by atoms with Crippen molar-refractivity contribution >= 4 is 51.9 Å². The van der Waals surface area contributed by atoms with Gasteiger partial charge < -0.3 is 9.80 Å². The summed E-state index contributed by atoms with van der Waals surface area (Å²) < 4.78 is 1.23. The lowest BCUT2D eigenvalue weighted by atomic mass is 10.0. The molecule has 0 radical (unpaired) electrons. The van der Waals surface area contributed by atoms with Crippen LogP contribution in [0.4, 0.5) is 17.6 Å². The quantitative estimate of drug-likeness (QED) is 0.579. The largest absolute Gasteiger partial charge is 0.339 e. The van der Waals surface area contributed by atoms with Crippen molar-refractivity contribution in [3.8, 4) is 0 Å². The van der Waals surface area contributed by atoms with Gasteiger partial charge in [0.05, 0.1) is 5.69 Å². The van der Waals surface area contributed by atoms with Crippen LogP contribution >= 0.6 is 34.4 Å². The molecule has 2 heterocycles. The number of anilines is 3. The summed E-state index contributed by atoms with van der Waals surface area (Å²) in [4.78, 5) is 18.5. The SMILES string of the molecule is CCN(c1nc(C)nc(N2CCSCC2)n1)c1ccc(C(C)C)cc1I. The summed E-state index contributed by atoms with van der Waals surface area (Å²) in [5, 5.41) is 0. The summed E-state index contributed by atoms with van der Waals surface area (Å²) in [5.41, 5.74) is 2.51. The molecular formula is C19H26IN5S. The zero-order valence-corrected chi connectivity index (χ0v) is 18.8. The van der Waals surface area contributed by atoms with Crippen molar-refractivity contribution < 1.29 is 0 Å². The van der Waals surface area contributed by atoms with E-state index in [1.54, 1.807) is 0 Å². The van der Waals surface area contributed by atoms with E-state index in [1.165, 1.54) is 9.13 Å². The highest BCUT2D eigenvalue weighted by molar-refractivity contribution is 14.1. The van der Waals surface area contributed by atoms with Crippen LogP contribution in [0.5, 0.6) is 0 Å². The predicted octanol–water partition coefficient (Wildman–Crippen LogP) is 4.62. The number of aromatic nitrogens is 3. The standard InChI is InChI=1S/C19H26IN5S/c1-5-25(17-7-6-15(13(2)3)12-16(17)20)19-22-14(4)21-18(23-19)24-8-10-26-11-9-24/h6-7,12-13H,5,8-11H2,1-4H3. The molecule has 1 aromatic carbocycles. The Morgan fingerprint density at radius 3 is 2.54 bits per heavy atom. The molecule has 0 amide bonds. The third-order valence-electron chi connectivity index (χ3n) is 4.50. The van der Waals surface area contributed by atoms with Crippen LogP contribution in [0.25, 0.3) is 0 Å². The van der Waals surface area contributed by atoms with Gasteiger partial charge in [0, 0.05) is 34.7 Å². The van der Waals surface area contributed by atoms with Crippen molar-refractivity contribution in [3.63, 3.8) is 0 Å². The van der Waals surface area contributed by atoms with E-state index in [0.29, 0.717) is 5.92 Å². The Bertz CT molecular complexity index is 762. The van der Waals surface area contributed by atoms with Crippen LogP contribution in [0.1, 0.15) is 38.1 Å². The molecule has 26 heavy (non-hydrogen) atoms. The van der Waals surface area contributed by atoms with E-state index >= 15 is 0 Å². The second-order valence-electron chi connectivity index (χ2n) is 6.69. The smallest absolute Gasteiger partial charge is 0.234 e. The van der Waals surface area contributed by atoms with Crippen molar-refractivity contribution in [3.05, 3.63) is 33.2 Å². The van der Waals surface area contributed by atoms with Crippen molar-refractivity contribution in [1.82, 2.24) is 15.0 Å². The number of halogens is 1. The van der Waals surface area contributed by atoms with Crippen LogP contribution < -0.4 is 9.80 Å². The van der Waals surface area contributed by atoms with Gasteiger partial charge in [-0.25, -0.2) is 0 Å². The topological polar surface area (TPSA) is 45.2 Å². The first-order valence-corrected chi connectivity index (χ1v) is 11.3. The molecule has 0 N–H and O–H groups in total. The van der Waals surface area contributed by atoms with Gasteiger partial charge in [-0.2, -0.15) is 26.7 Å². The van der Waals surface area contributed by atoms with Gasteiger partial charge in [0.1, 0.15) is 5.82 Å². The molecule has 1 fully saturated rings. The number of hydrogen-bond acceptors (Lipinski definition) is 6. The van der Waals surface area contributed by atoms with Gasteiger partial charge in [0.2, 0.25) is 11.9 Å². The predicted molar refractivity (Wildman–Crippen MR) is 120 cm³/mol. The highest BCUT2D eigenvalue weighted by Gasteiger charge is 2.20. The minimum Gasteiger partial charge on any atom is -0.339 e. The molecule has 140 valence electrons. The zero-order chi connectivity index (χ0) is 18.7. The maximum Gasteiger partial charge on any atom is 0.234 e. The second kappa shape index (κ2) is 8.73. The van der Waals surface area contributed by atoms with E-state index < -0.39 is 0 Å². The molecule has 1 aliphatic heterocycles. The van der Waals surface area contributed by atoms with Crippen molar-refractivity contribution in [2.45, 2.75) is 33.6 Å². The molecule has 1 saturated heterocycles. The highest BCUT2D eigenvalue weighted by Crippen LogP contribution is 2.31. The molecule has 1 aliphatic rings. The van der Waals surface area contributed by atoms with Gasteiger partial charge >= 0.3 is 0 Å². The van der Waals surface area contributed by atoms with E-state index in [1.807, 2.05) is 18.7 Å². The van der Waals surface area contributed by atoms with Crippen LogP contribution in [-0.4, -0.2) is 46.1 Å². The number of rotatable bonds is 5. The molecule has 1 aromatic heterocycles. The Hall–Kier alpha value is -1.09. The Balaban J connectivity index is 1.96. The van der Waals surface area contributed by atoms with E-state index in [9.17, 15) is 0 Å². The molecule has 0 saturated carbocycles. The zero-order valence-electron chi connectivity index (χ0n) is 15.9. The fraction of sp³-hybridized carbons (Fsp3) is 0.526. The van der Waals surface area contributed by atoms with E-state index in [4.69, 9.17) is 4.98 Å². The first kappa shape index (κ1) is 19.7. The molecule has 3 rings (SSSR count). The lowest BCUT2D eigenvalue weighted by Crippen LogP contribution is -2.34. The molecule has 7 heteroatoms. The van der Waals surface area contributed by atoms with Crippen LogP contribution in [-0.2, 0) is 0 Å². The van der Waals surface area contributed by atoms with Gasteiger partial charge in [0.25, 0.3) is 0 Å². The summed E-state index contributed by atoms with van der Waals surface area (Å²) in [6.07, 6.45) is 0. The number of hydrogen-bond donors (Lipinski definition) is 0. The first-order valence-electron chi connectivity index (χ1n) is 9.12. The number of thioether (sulfide) groups is 1. The third-order valence-corrected chi connectivity index (χ3v) is 6.31. The summed E-state index contributed by atoms with van der Waals surface area (Å²) in [6.45, 7) is 11.4. The monoisotopic (exact) mass is 483 g/mol. The van der Waals surface area contributed by atoms with Gasteiger partial charge in [-0.15, -0.1) is 0 Å². The van der Waals surface area contributed by atoms with Crippen molar-refractivity contribution in [2.75, 3.05) is 40.9 Å². The van der Waals surface area contributed by atoms with Gasteiger partial charge in [0.15, 0.2) is 0 Å². The minimum atomic E-state index is 0.524. The minimum absolute atomic E-state index is 0.524. The molecular weight excluding hydrogens is 457 g/mol. The first-order chi connectivity index (χ1) is 12.5. The molecule has 2 aromatic rings. The summed E-state index contributed by atoms with van der Waals surface area (Å²) >= 11 is 4.41. The van der Waals surface area contributed by atoms with Gasteiger partial charge in [-0.1, -0.05) is 19.9 Å². The number of nitrogens with zero attached hydrogens (tertiary/aromatic N) is 5.